The number of hydrogen-bond acceptors (Lipinski definition) is 4. The van der Waals surface area contributed by atoms with Gasteiger partial charge in [-0.2, -0.15) is 11.8 Å². The predicted octanol–water partition coefficient (Wildman–Crippen LogP) is -0.156. The highest BCUT2D eigenvalue weighted by Gasteiger charge is 2.32. The van der Waals surface area contributed by atoms with Gasteiger partial charge in [0.25, 0.3) is 0 Å². The van der Waals surface area contributed by atoms with E-state index < -0.39 is 0 Å². The molecular weight excluding hydrogens is 200 g/mol. The normalized spacial score (nSPS) is 18.7. The summed E-state index contributed by atoms with van der Waals surface area (Å²) < 4.78 is 5.48. The van der Waals surface area contributed by atoms with Crippen LogP contribution in [0.1, 0.15) is 6.92 Å². The van der Waals surface area contributed by atoms with Gasteiger partial charge in [0.1, 0.15) is 6.61 Å². The summed E-state index contributed by atoms with van der Waals surface area (Å²) in [7, 11) is 0. The largest absolute Gasteiger partial charge is 0.363 e. The Morgan fingerprint density at radius 2 is 2.36 bits per heavy atom. The molecule has 1 fully saturated rings. The second kappa shape index (κ2) is 5.58. The van der Waals surface area contributed by atoms with Crippen molar-refractivity contribution in [2.24, 2.45) is 0 Å². The number of nitrogens with one attached hydrogen (secondary N) is 2. The Kier molecular flexibility index (Phi) is 4.71. The van der Waals surface area contributed by atoms with Crippen LogP contribution in [-0.2, 0) is 9.53 Å². The maximum absolute atomic E-state index is 11.2. The Labute approximate surface area is 89.2 Å². The number of ether oxygens (including phenoxy) is 1. The molecule has 0 radical (unpaired) electrons. The minimum absolute atomic E-state index is 0.0211. The molecule has 14 heavy (non-hydrogen) atoms. The molecule has 0 spiro atoms. The number of hydrogen-bond donors (Lipinski definition) is 2. The standard InChI is InChI=1S/C9H18N2O2S/c1-9(6-10-7-9)13-5-8(12)11-3-4-14-2/h10H,3-7H2,1-2H3,(H,11,12). The van der Waals surface area contributed by atoms with E-state index >= 15 is 0 Å². The molecule has 0 aliphatic carbocycles. The SMILES string of the molecule is CSCCNC(=O)COC1(C)CNC1. The van der Waals surface area contributed by atoms with Gasteiger partial charge in [0.2, 0.25) is 5.91 Å². The molecule has 0 unspecified atom stereocenters. The molecule has 2 N–H and O–H groups in total. The van der Waals surface area contributed by atoms with Crippen LogP contribution in [0.15, 0.2) is 0 Å². The van der Waals surface area contributed by atoms with E-state index in [1.807, 2.05) is 13.2 Å². The molecule has 1 heterocycles. The first-order valence-corrected chi connectivity index (χ1v) is 6.16. The highest BCUT2D eigenvalue weighted by Crippen LogP contribution is 2.14. The summed E-state index contributed by atoms with van der Waals surface area (Å²) >= 11 is 1.72. The predicted molar refractivity (Wildman–Crippen MR) is 58.6 cm³/mol. The molecule has 0 saturated carbocycles. The molecule has 0 bridgehead atoms. The molecule has 1 saturated heterocycles. The maximum Gasteiger partial charge on any atom is 0.246 e. The van der Waals surface area contributed by atoms with E-state index in [0.717, 1.165) is 25.4 Å². The van der Waals surface area contributed by atoms with Gasteiger partial charge in [-0.3, -0.25) is 4.79 Å². The fourth-order valence-corrected chi connectivity index (χ4v) is 1.47. The number of carbonyl (C=O) groups excluding carboxylic acids is 1. The summed E-state index contributed by atoms with van der Waals surface area (Å²) in [6.45, 7) is 4.58. The number of carbonyl (C=O) groups is 1. The first kappa shape index (κ1) is 11.8. The van der Waals surface area contributed by atoms with E-state index in [1.165, 1.54) is 0 Å². The zero-order chi connectivity index (χ0) is 10.4. The lowest BCUT2D eigenvalue weighted by Gasteiger charge is -2.38. The second-order valence-electron chi connectivity index (χ2n) is 3.68. The van der Waals surface area contributed by atoms with Crippen LogP contribution in [0, 0.1) is 0 Å². The molecule has 82 valence electrons. The Morgan fingerprint density at radius 3 is 2.86 bits per heavy atom. The average molecular weight is 218 g/mol. The molecule has 0 aromatic heterocycles. The summed E-state index contributed by atoms with van der Waals surface area (Å²) in [5, 5.41) is 5.92. The molecule has 1 aliphatic rings. The second-order valence-corrected chi connectivity index (χ2v) is 4.67. The van der Waals surface area contributed by atoms with E-state index in [4.69, 9.17) is 4.74 Å². The maximum atomic E-state index is 11.2. The van der Waals surface area contributed by atoms with Gasteiger partial charge in [0.15, 0.2) is 0 Å². The summed E-state index contributed by atoms with van der Waals surface area (Å²) in [4.78, 5) is 11.2. The molecular formula is C9H18N2O2S. The molecule has 5 heteroatoms. The van der Waals surface area contributed by atoms with Crippen LogP contribution >= 0.6 is 11.8 Å². The number of thioether (sulfide) groups is 1. The van der Waals surface area contributed by atoms with Crippen LogP contribution in [0.2, 0.25) is 0 Å². The lowest BCUT2D eigenvalue weighted by atomic mass is 10.0. The lowest BCUT2D eigenvalue weighted by Crippen LogP contribution is -2.59. The van der Waals surface area contributed by atoms with Gasteiger partial charge in [-0.15, -0.1) is 0 Å². The van der Waals surface area contributed by atoms with Gasteiger partial charge in [-0.25, -0.2) is 0 Å². The van der Waals surface area contributed by atoms with E-state index in [2.05, 4.69) is 10.6 Å². The lowest BCUT2D eigenvalue weighted by molar-refractivity contribution is -0.135. The molecule has 4 nitrogen and oxygen atoms in total. The Hall–Kier alpha value is -0.260. The van der Waals surface area contributed by atoms with Crippen LogP contribution in [0.3, 0.4) is 0 Å². The highest BCUT2D eigenvalue weighted by molar-refractivity contribution is 7.98. The van der Waals surface area contributed by atoms with Gasteiger partial charge in [-0.1, -0.05) is 0 Å². The van der Waals surface area contributed by atoms with Gasteiger partial charge < -0.3 is 15.4 Å². The quantitative estimate of drug-likeness (QED) is 0.609. The topological polar surface area (TPSA) is 50.4 Å². The van der Waals surface area contributed by atoms with Crippen molar-refractivity contribution in [3.8, 4) is 0 Å². The van der Waals surface area contributed by atoms with Crippen LogP contribution in [0.5, 0.6) is 0 Å². The van der Waals surface area contributed by atoms with Gasteiger partial charge in [0.05, 0.1) is 5.60 Å². The van der Waals surface area contributed by atoms with Gasteiger partial charge in [0, 0.05) is 25.4 Å². The molecule has 1 aliphatic heterocycles. The fourth-order valence-electron chi connectivity index (χ4n) is 1.16. The van der Waals surface area contributed by atoms with Crippen molar-refractivity contribution >= 4 is 17.7 Å². The molecule has 0 aromatic rings. The Morgan fingerprint density at radius 1 is 1.64 bits per heavy atom. The Balaban J connectivity index is 2.03. The third-order valence-corrected chi connectivity index (χ3v) is 2.79. The van der Waals surface area contributed by atoms with Crippen molar-refractivity contribution in [3.05, 3.63) is 0 Å². The fraction of sp³-hybridized carbons (Fsp3) is 0.889. The molecule has 1 amide bonds. The van der Waals surface area contributed by atoms with Crippen LogP contribution in [0.25, 0.3) is 0 Å². The minimum atomic E-state index is -0.128. The number of amides is 1. The third-order valence-electron chi connectivity index (χ3n) is 2.18. The van der Waals surface area contributed by atoms with Crippen molar-refractivity contribution in [2.45, 2.75) is 12.5 Å². The summed E-state index contributed by atoms with van der Waals surface area (Å²) in [5.74, 6) is 0.928. The van der Waals surface area contributed by atoms with Gasteiger partial charge >= 0.3 is 0 Å². The number of rotatable bonds is 6. The highest BCUT2D eigenvalue weighted by atomic mass is 32.2. The third kappa shape index (κ3) is 3.86. The summed E-state index contributed by atoms with van der Waals surface area (Å²) in [6.07, 6.45) is 2.02. The van der Waals surface area contributed by atoms with E-state index in [-0.39, 0.29) is 18.1 Å². The first-order chi connectivity index (χ1) is 6.66. The molecule has 0 atom stereocenters. The van der Waals surface area contributed by atoms with E-state index in [1.54, 1.807) is 11.8 Å². The zero-order valence-electron chi connectivity index (χ0n) is 8.76. The van der Waals surface area contributed by atoms with Crippen molar-refractivity contribution in [2.75, 3.05) is 38.2 Å². The van der Waals surface area contributed by atoms with Crippen LogP contribution < -0.4 is 10.6 Å². The summed E-state index contributed by atoms with van der Waals surface area (Å²) in [5.41, 5.74) is -0.128. The zero-order valence-corrected chi connectivity index (χ0v) is 9.58. The van der Waals surface area contributed by atoms with E-state index in [0.29, 0.717) is 0 Å². The smallest absolute Gasteiger partial charge is 0.246 e. The van der Waals surface area contributed by atoms with E-state index in [9.17, 15) is 4.79 Å². The molecule has 0 aromatic carbocycles. The van der Waals surface area contributed by atoms with Gasteiger partial charge in [-0.05, 0) is 13.2 Å². The Bertz CT molecular complexity index is 195. The van der Waals surface area contributed by atoms with Crippen molar-refractivity contribution < 1.29 is 9.53 Å². The van der Waals surface area contributed by atoms with Crippen molar-refractivity contribution in [1.29, 1.82) is 0 Å². The molecule has 1 rings (SSSR count). The van der Waals surface area contributed by atoms with Crippen molar-refractivity contribution in [3.63, 3.8) is 0 Å². The summed E-state index contributed by atoms with van der Waals surface area (Å²) in [6, 6.07) is 0. The first-order valence-electron chi connectivity index (χ1n) is 4.77. The van der Waals surface area contributed by atoms with Crippen LogP contribution in [-0.4, -0.2) is 49.8 Å². The minimum Gasteiger partial charge on any atom is -0.363 e. The van der Waals surface area contributed by atoms with Crippen molar-refractivity contribution in [1.82, 2.24) is 10.6 Å². The average Bonchev–Trinajstić information content (AvgIpc) is 2.12. The van der Waals surface area contributed by atoms with Crippen LogP contribution in [0.4, 0.5) is 0 Å². The monoisotopic (exact) mass is 218 g/mol.